The summed E-state index contributed by atoms with van der Waals surface area (Å²) in [4.78, 5) is 29.1. The van der Waals surface area contributed by atoms with E-state index in [0.29, 0.717) is 28.2 Å². The molecule has 0 aliphatic heterocycles. The van der Waals surface area contributed by atoms with Crippen LogP contribution in [0.4, 0.5) is 5.95 Å². The summed E-state index contributed by atoms with van der Waals surface area (Å²) in [5, 5.41) is 5.15. The minimum absolute atomic E-state index is 0.173. The van der Waals surface area contributed by atoms with Crippen LogP contribution in [0, 0.1) is 6.92 Å². The molecule has 0 bridgehead atoms. The highest BCUT2D eigenvalue weighted by molar-refractivity contribution is 6.31. The lowest BCUT2D eigenvalue weighted by molar-refractivity contribution is -0.116. The van der Waals surface area contributed by atoms with Crippen LogP contribution < -0.4 is 16.4 Å². The van der Waals surface area contributed by atoms with Gasteiger partial charge >= 0.3 is 0 Å². The Hall–Kier alpha value is -3.13. The van der Waals surface area contributed by atoms with Gasteiger partial charge in [0.15, 0.2) is 0 Å². The van der Waals surface area contributed by atoms with Crippen LogP contribution in [-0.2, 0) is 18.4 Å². The standard InChI is InChI=1S/C18H19ClN6O2/c1-4-25-17(27)13-7-5-6-8-14(13)20-18(25)22-21-15(26)10-9-12-11(2)23-24(3)16(12)19/h5-10H,4H2,1-3H3,(H,20,22)(H,21,26)/b10-9+. The molecule has 2 aromatic heterocycles. The van der Waals surface area contributed by atoms with E-state index in [1.807, 2.05) is 6.92 Å². The molecular weight excluding hydrogens is 368 g/mol. The van der Waals surface area contributed by atoms with Crippen LogP contribution in [0.3, 0.4) is 0 Å². The molecular formula is C18H19ClN6O2. The van der Waals surface area contributed by atoms with Crippen LogP contribution >= 0.6 is 11.6 Å². The molecule has 0 fully saturated rings. The van der Waals surface area contributed by atoms with Gasteiger partial charge in [-0.05, 0) is 32.1 Å². The maximum absolute atomic E-state index is 12.5. The van der Waals surface area contributed by atoms with Gasteiger partial charge in [-0.25, -0.2) is 4.98 Å². The fourth-order valence-corrected chi connectivity index (χ4v) is 2.95. The number of amides is 1. The number of benzene rings is 1. The van der Waals surface area contributed by atoms with Gasteiger partial charge in [-0.1, -0.05) is 23.7 Å². The Morgan fingerprint density at radius 2 is 2.07 bits per heavy atom. The van der Waals surface area contributed by atoms with Gasteiger partial charge in [0.25, 0.3) is 11.5 Å². The summed E-state index contributed by atoms with van der Waals surface area (Å²) in [5.74, 6) is -0.155. The van der Waals surface area contributed by atoms with Crippen molar-refractivity contribution in [1.29, 1.82) is 0 Å². The molecule has 1 aromatic carbocycles. The van der Waals surface area contributed by atoms with Crippen molar-refractivity contribution in [2.24, 2.45) is 7.05 Å². The molecule has 3 rings (SSSR count). The number of hydrogen-bond acceptors (Lipinski definition) is 5. The quantitative estimate of drug-likeness (QED) is 0.518. The first-order valence-electron chi connectivity index (χ1n) is 8.35. The van der Waals surface area contributed by atoms with Gasteiger partial charge in [0, 0.05) is 25.2 Å². The van der Waals surface area contributed by atoms with Crippen LogP contribution in [0.2, 0.25) is 5.15 Å². The van der Waals surface area contributed by atoms with Gasteiger partial charge in [0.1, 0.15) is 5.15 Å². The van der Waals surface area contributed by atoms with E-state index in [-0.39, 0.29) is 11.5 Å². The third-order valence-corrected chi connectivity index (χ3v) is 4.52. The number of carbonyl (C=O) groups excluding carboxylic acids is 1. The molecule has 0 radical (unpaired) electrons. The number of anilines is 1. The van der Waals surface area contributed by atoms with Gasteiger partial charge in [0.2, 0.25) is 5.95 Å². The van der Waals surface area contributed by atoms with Gasteiger partial charge in [-0.15, -0.1) is 0 Å². The third-order valence-electron chi connectivity index (χ3n) is 4.07. The van der Waals surface area contributed by atoms with E-state index >= 15 is 0 Å². The van der Waals surface area contributed by atoms with E-state index in [1.165, 1.54) is 15.3 Å². The zero-order valence-corrected chi connectivity index (χ0v) is 15.9. The smallest absolute Gasteiger partial charge is 0.262 e. The molecule has 0 saturated heterocycles. The summed E-state index contributed by atoms with van der Waals surface area (Å²) in [7, 11) is 1.73. The molecule has 0 aliphatic rings. The second kappa shape index (κ2) is 7.63. The molecule has 1 amide bonds. The largest absolute Gasteiger partial charge is 0.277 e. The minimum Gasteiger partial charge on any atom is -0.277 e. The van der Waals surface area contributed by atoms with Crippen LogP contribution in [0.15, 0.2) is 35.1 Å². The van der Waals surface area contributed by atoms with E-state index in [4.69, 9.17) is 11.6 Å². The molecule has 27 heavy (non-hydrogen) atoms. The maximum atomic E-state index is 12.5. The number of carbonyl (C=O) groups is 1. The number of rotatable bonds is 5. The Morgan fingerprint density at radius 3 is 2.74 bits per heavy atom. The molecule has 0 saturated carbocycles. The van der Waals surface area contributed by atoms with Gasteiger partial charge in [-0.3, -0.25) is 29.7 Å². The van der Waals surface area contributed by atoms with Crippen molar-refractivity contribution in [3.05, 3.63) is 57.1 Å². The zero-order valence-electron chi connectivity index (χ0n) is 15.2. The topological polar surface area (TPSA) is 93.8 Å². The second-order valence-electron chi connectivity index (χ2n) is 5.86. The molecule has 2 N–H and O–H groups in total. The Labute approximate surface area is 160 Å². The van der Waals surface area contributed by atoms with Crippen molar-refractivity contribution in [1.82, 2.24) is 24.8 Å². The zero-order chi connectivity index (χ0) is 19.6. The van der Waals surface area contributed by atoms with Crippen molar-refractivity contribution < 1.29 is 4.79 Å². The molecule has 0 spiro atoms. The van der Waals surface area contributed by atoms with Crippen molar-refractivity contribution >= 4 is 40.4 Å². The molecule has 0 atom stereocenters. The van der Waals surface area contributed by atoms with E-state index in [1.54, 1.807) is 44.3 Å². The molecule has 8 nitrogen and oxygen atoms in total. The highest BCUT2D eigenvalue weighted by Crippen LogP contribution is 2.19. The molecule has 140 valence electrons. The lowest BCUT2D eigenvalue weighted by Crippen LogP contribution is -2.33. The summed E-state index contributed by atoms with van der Waals surface area (Å²) in [6.45, 7) is 4.05. The van der Waals surface area contributed by atoms with Crippen molar-refractivity contribution in [3.8, 4) is 0 Å². The Morgan fingerprint density at radius 1 is 1.33 bits per heavy atom. The van der Waals surface area contributed by atoms with E-state index in [0.717, 1.165) is 5.69 Å². The lowest BCUT2D eigenvalue weighted by Gasteiger charge is -2.13. The number of para-hydroxylation sites is 1. The highest BCUT2D eigenvalue weighted by atomic mass is 35.5. The molecule has 0 unspecified atom stereocenters. The molecule has 2 heterocycles. The van der Waals surface area contributed by atoms with Crippen LogP contribution in [0.1, 0.15) is 18.2 Å². The minimum atomic E-state index is -0.417. The molecule has 0 aliphatic carbocycles. The second-order valence-corrected chi connectivity index (χ2v) is 6.22. The highest BCUT2D eigenvalue weighted by Gasteiger charge is 2.11. The first kappa shape index (κ1) is 18.7. The number of fused-ring (bicyclic) bond motifs is 1. The molecule has 9 heteroatoms. The Balaban J connectivity index is 1.79. The number of nitrogens with one attached hydrogen (secondary N) is 2. The van der Waals surface area contributed by atoms with Crippen molar-refractivity contribution in [2.75, 3.05) is 5.43 Å². The van der Waals surface area contributed by atoms with Gasteiger partial charge < -0.3 is 0 Å². The number of hydrazine groups is 1. The van der Waals surface area contributed by atoms with Crippen LogP contribution in [0.25, 0.3) is 17.0 Å². The van der Waals surface area contributed by atoms with E-state index in [2.05, 4.69) is 20.9 Å². The predicted molar refractivity (Wildman–Crippen MR) is 105 cm³/mol. The Bertz CT molecular complexity index is 1100. The van der Waals surface area contributed by atoms with Crippen LogP contribution in [0.5, 0.6) is 0 Å². The van der Waals surface area contributed by atoms with Gasteiger partial charge in [-0.2, -0.15) is 5.10 Å². The van der Waals surface area contributed by atoms with E-state index < -0.39 is 5.91 Å². The summed E-state index contributed by atoms with van der Waals surface area (Å²) in [6.07, 6.45) is 2.92. The summed E-state index contributed by atoms with van der Waals surface area (Å²) in [6, 6.07) is 7.06. The van der Waals surface area contributed by atoms with Crippen molar-refractivity contribution in [3.63, 3.8) is 0 Å². The number of hydrogen-bond donors (Lipinski definition) is 2. The first-order valence-corrected chi connectivity index (χ1v) is 8.73. The SMILES string of the molecule is CCn1c(NNC(=O)/C=C/c2c(C)nn(C)c2Cl)nc2ccccc2c1=O. The number of aromatic nitrogens is 4. The summed E-state index contributed by atoms with van der Waals surface area (Å²) < 4.78 is 2.99. The first-order chi connectivity index (χ1) is 12.9. The molecule has 3 aromatic rings. The number of halogens is 1. The number of aryl methyl sites for hydroxylation is 2. The average molecular weight is 387 g/mol. The van der Waals surface area contributed by atoms with Gasteiger partial charge in [0.05, 0.1) is 16.6 Å². The monoisotopic (exact) mass is 386 g/mol. The lowest BCUT2D eigenvalue weighted by atomic mass is 10.2. The summed E-state index contributed by atoms with van der Waals surface area (Å²) >= 11 is 6.14. The maximum Gasteiger partial charge on any atom is 0.262 e. The van der Waals surface area contributed by atoms with E-state index in [9.17, 15) is 9.59 Å². The fraction of sp³-hybridized carbons (Fsp3) is 0.222. The number of nitrogens with zero attached hydrogens (tertiary/aromatic N) is 4. The van der Waals surface area contributed by atoms with Crippen LogP contribution in [-0.4, -0.2) is 25.2 Å². The predicted octanol–water partition coefficient (Wildman–Crippen LogP) is 2.27. The fourth-order valence-electron chi connectivity index (χ4n) is 2.71. The van der Waals surface area contributed by atoms with Crippen molar-refractivity contribution in [2.45, 2.75) is 20.4 Å². The third kappa shape index (κ3) is 3.70. The normalized spacial score (nSPS) is 11.3. The summed E-state index contributed by atoms with van der Waals surface area (Å²) in [5.41, 5.74) is 7.00. The average Bonchev–Trinajstić information content (AvgIpc) is 2.90. The Kier molecular flexibility index (Phi) is 5.27.